The first kappa shape index (κ1) is 18.1. The van der Waals surface area contributed by atoms with Crippen LogP contribution in [0.15, 0.2) is 47.8 Å². The van der Waals surface area contributed by atoms with Crippen molar-refractivity contribution < 1.29 is 9.84 Å². The zero-order valence-electron chi connectivity index (χ0n) is 14.2. The molecular weight excluding hydrogens is 306 g/mol. The van der Waals surface area contributed by atoms with Gasteiger partial charge in [-0.05, 0) is 37.8 Å². The molecule has 3 nitrogen and oxygen atoms in total. The number of β-amino-alcohol motifs (C(OH)–C–C–N with tert-alkyl or cyclic N) is 1. The fourth-order valence-corrected chi connectivity index (χ4v) is 3.02. The first-order valence-corrected chi connectivity index (χ1v) is 8.90. The molecule has 1 unspecified atom stereocenters. The van der Waals surface area contributed by atoms with Gasteiger partial charge in [-0.25, -0.2) is 0 Å². The van der Waals surface area contributed by atoms with Crippen LogP contribution in [0.1, 0.15) is 31.2 Å². The zero-order chi connectivity index (χ0) is 16.7. The lowest BCUT2D eigenvalue weighted by molar-refractivity contribution is -0.00929. The SMILES string of the molecule is CC(C)(C)N(Cc1ccccc1)CC(O)COCc1cccs1. The lowest BCUT2D eigenvalue weighted by atomic mass is 10.0. The van der Waals surface area contributed by atoms with Crippen LogP contribution in [0.5, 0.6) is 0 Å². The molecular formula is C19H27NO2S. The molecule has 1 N–H and O–H groups in total. The molecule has 126 valence electrons. The maximum Gasteiger partial charge on any atom is 0.0900 e. The van der Waals surface area contributed by atoms with Crippen molar-refractivity contribution in [2.45, 2.75) is 45.6 Å². The highest BCUT2D eigenvalue weighted by Gasteiger charge is 2.24. The Labute approximate surface area is 143 Å². The Morgan fingerprint density at radius 1 is 1.13 bits per heavy atom. The average Bonchev–Trinajstić information content (AvgIpc) is 3.00. The first-order valence-electron chi connectivity index (χ1n) is 8.02. The topological polar surface area (TPSA) is 32.7 Å². The van der Waals surface area contributed by atoms with Crippen LogP contribution in [-0.4, -0.2) is 34.8 Å². The molecule has 1 aromatic heterocycles. The quantitative estimate of drug-likeness (QED) is 0.794. The molecule has 23 heavy (non-hydrogen) atoms. The third-order valence-electron chi connectivity index (χ3n) is 3.73. The van der Waals surface area contributed by atoms with Crippen LogP contribution in [0.3, 0.4) is 0 Å². The summed E-state index contributed by atoms with van der Waals surface area (Å²) in [6.07, 6.45) is -0.488. The van der Waals surface area contributed by atoms with Gasteiger partial charge in [-0.1, -0.05) is 36.4 Å². The Morgan fingerprint density at radius 2 is 1.87 bits per heavy atom. The monoisotopic (exact) mass is 333 g/mol. The van der Waals surface area contributed by atoms with Crippen molar-refractivity contribution in [1.29, 1.82) is 0 Å². The number of rotatable bonds is 8. The number of aliphatic hydroxyl groups is 1. The second kappa shape index (κ2) is 8.60. The lowest BCUT2D eigenvalue weighted by Gasteiger charge is -2.37. The van der Waals surface area contributed by atoms with Gasteiger partial charge in [0.1, 0.15) is 0 Å². The highest BCUT2D eigenvalue weighted by atomic mass is 32.1. The predicted octanol–water partition coefficient (Wildman–Crippen LogP) is 3.93. The normalized spacial score (nSPS) is 13.4. The minimum absolute atomic E-state index is 0.00935. The summed E-state index contributed by atoms with van der Waals surface area (Å²) in [5.74, 6) is 0. The standard InChI is InChI=1S/C19H27NO2S/c1-19(2,3)20(12-16-8-5-4-6-9-16)13-17(21)14-22-15-18-10-7-11-23-18/h4-11,17,21H,12-15H2,1-3H3. The van der Waals surface area contributed by atoms with Crippen LogP contribution >= 0.6 is 11.3 Å². The van der Waals surface area contributed by atoms with Crippen LogP contribution in [-0.2, 0) is 17.9 Å². The summed E-state index contributed by atoms with van der Waals surface area (Å²) >= 11 is 1.68. The Morgan fingerprint density at radius 3 is 2.48 bits per heavy atom. The largest absolute Gasteiger partial charge is 0.389 e. The fraction of sp³-hybridized carbons (Fsp3) is 0.474. The molecule has 0 saturated heterocycles. The Kier molecular flexibility index (Phi) is 6.78. The number of benzene rings is 1. The fourth-order valence-electron chi connectivity index (χ4n) is 2.38. The molecule has 2 rings (SSSR count). The Bertz CT molecular complexity index is 549. The number of aliphatic hydroxyl groups excluding tert-OH is 1. The molecule has 1 heterocycles. The van der Waals surface area contributed by atoms with Gasteiger partial charge in [0, 0.05) is 23.5 Å². The molecule has 0 aliphatic heterocycles. The third kappa shape index (κ3) is 6.43. The van der Waals surface area contributed by atoms with E-state index in [0.29, 0.717) is 19.8 Å². The second-order valence-corrected chi connectivity index (χ2v) is 7.82. The average molecular weight is 333 g/mol. The van der Waals surface area contributed by atoms with Gasteiger partial charge in [0.15, 0.2) is 0 Å². The van der Waals surface area contributed by atoms with Crippen molar-refractivity contribution in [3.8, 4) is 0 Å². The van der Waals surface area contributed by atoms with E-state index in [1.807, 2.05) is 23.6 Å². The van der Waals surface area contributed by atoms with Crippen molar-refractivity contribution in [3.63, 3.8) is 0 Å². The number of nitrogens with zero attached hydrogens (tertiary/aromatic N) is 1. The molecule has 1 atom stereocenters. The van der Waals surface area contributed by atoms with Gasteiger partial charge in [0.05, 0.1) is 19.3 Å². The number of thiophene rings is 1. The highest BCUT2D eigenvalue weighted by Crippen LogP contribution is 2.18. The molecule has 0 amide bonds. The molecule has 0 saturated carbocycles. The molecule has 4 heteroatoms. The van der Waals surface area contributed by atoms with Crippen LogP contribution in [0.2, 0.25) is 0 Å². The van der Waals surface area contributed by atoms with Crippen LogP contribution < -0.4 is 0 Å². The maximum absolute atomic E-state index is 10.3. The van der Waals surface area contributed by atoms with Gasteiger partial charge in [-0.3, -0.25) is 4.90 Å². The van der Waals surface area contributed by atoms with Crippen molar-refractivity contribution >= 4 is 11.3 Å². The van der Waals surface area contributed by atoms with E-state index in [1.54, 1.807) is 11.3 Å². The van der Waals surface area contributed by atoms with Crippen molar-refractivity contribution in [1.82, 2.24) is 4.90 Å². The number of hydrogen-bond acceptors (Lipinski definition) is 4. The molecule has 0 spiro atoms. The van der Waals surface area contributed by atoms with Crippen molar-refractivity contribution in [2.75, 3.05) is 13.2 Å². The van der Waals surface area contributed by atoms with Crippen LogP contribution in [0, 0.1) is 0 Å². The molecule has 2 aromatic rings. The summed E-state index contributed by atoms with van der Waals surface area (Å²) in [6, 6.07) is 14.4. The summed E-state index contributed by atoms with van der Waals surface area (Å²) in [5.41, 5.74) is 1.25. The van der Waals surface area contributed by atoms with E-state index in [4.69, 9.17) is 4.74 Å². The van der Waals surface area contributed by atoms with Crippen LogP contribution in [0.25, 0.3) is 0 Å². The van der Waals surface area contributed by atoms with Gasteiger partial charge in [-0.15, -0.1) is 11.3 Å². The van der Waals surface area contributed by atoms with E-state index in [0.717, 1.165) is 6.54 Å². The highest BCUT2D eigenvalue weighted by molar-refractivity contribution is 7.09. The summed E-state index contributed by atoms with van der Waals surface area (Å²) < 4.78 is 5.64. The predicted molar refractivity (Wildman–Crippen MR) is 96.6 cm³/mol. The van der Waals surface area contributed by atoms with E-state index >= 15 is 0 Å². The summed E-state index contributed by atoms with van der Waals surface area (Å²) in [7, 11) is 0. The maximum atomic E-state index is 10.3. The van der Waals surface area contributed by atoms with Crippen LogP contribution in [0.4, 0.5) is 0 Å². The van der Waals surface area contributed by atoms with E-state index in [9.17, 15) is 5.11 Å². The van der Waals surface area contributed by atoms with Crippen molar-refractivity contribution in [3.05, 3.63) is 58.3 Å². The van der Waals surface area contributed by atoms with E-state index < -0.39 is 6.10 Å². The molecule has 0 radical (unpaired) electrons. The minimum Gasteiger partial charge on any atom is -0.389 e. The van der Waals surface area contributed by atoms with Crippen molar-refractivity contribution in [2.24, 2.45) is 0 Å². The van der Waals surface area contributed by atoms with Gasteiger partial charge >= 0.3 is 0 Å². The van der Waals surface area contributed by atoms with E-state index in [-0.39, 0.29) is 5.54 Å². The Hall–Kier alpha value is -1.20. The van der Waals surface area contributed by atoms with Gasteiger partial charge in [0.2, 0.25) is 0 Å². The number of hydrogen-bond donors (Lipinski definition) is 1. The molecule has 0 bridgehead atoms. The first-order chi connectivity index (χ1) is 10.9. The van der Waals surface area contributed by atoms with Gasteiger partial charge < -0.3 is 9.84 Å². The molecule has 0 fully saturated rings. The second-order valence-electron chi connectivity index (χ2n) is 6.79. The molecule has 0 aliphatic rings. The van der Waals surface area contributed by atoms with E-state index in [2.05, 4.69) is 49.9 Å². The number of ether oxygens (including phenoxy) is 1. The third-order valence-corrected chi connectivity index (χ3v) is 4.58. The Balaban J connectivity index is 1.84. The smallest absolute Gasteiger partial charge is 0.0900 e. The summed E-state index contributed by atoms with van der Waals surface area (Å²) in [6.45, 7) is 8.89. The molecule has 0 aliphatic carbocycles. The summed E-state index contributed by atoms with van der Waals surface area (Å²) in [4.78, 5) is 3.48. The minimum atomic E-state index is -0.488. The van der Waals surface area contributed by atoms with E-state index in [1.165, 1.54) is 10.4 Å². The summed E-state index contributed by atoms with van der Waals surface area (Å²) in [5, 5.41) is 12.4. The van der Waals surface area contributed by atoms with Gasteiger partial charge in [-0.2, -0.15) is 0 Å². The zero-order valence-corrected chi connectivity index (χ0v) is 15.1. The molecule has 1 aromatic carbocycles. The lowest BCUT2D eigenvalue weighted by Crippen LogP contribution is -2.45. The van der Waals surface area contributed by atoms with Gasteiger partial charge in [0.25, 0.3) is 0 Å².